The molecule has 0 N–H and O–H groups in total. The highest BCUT2D eigenvalue weighted by atomic mass is 32.2. The van der Waals surface area contributed by atoms with E-state index < -0.39 is 4.92 Å². The molecule has 0 radical (unpaired) electrons. The van der Waals surface area contributed by atoms with Gasteiger partial charge in [0, 0.05) is 22.6 Å². The molecule has 2 aromatic carbocycles. The number of carbonyl (C=O) groups is 1. The van der Waals surface area contributed by atoms with Crippen molar-refractivity contribution in [1.29, 1.82) is 5.26 Å². The number of hydrogen-bond donors (Lipinski definition) is 0. The molecule has 0 aliphatic carbocycles. The van der Waals surface area contributed by atoms with Crippen LogP contribution in [0.1, 0.15) is 15.9 Å². The van der Waals surface area contributed by atoms with Gasteiger partial charge in [-0.15, -0.1) is 0 Å². The van der Waals surface area contributed by atoms with Crippen LogP contribution in [-0.4, -0.2) is 10.0 Å². The van der Waals surface area contributed by atoms with Crippen LogP contribution in [0.25, 0.3) is 0 Å². The summed E-state index contributed by atoms with van der Waals surface area (Å²) in [6.07, 6.45) is 0. The van der Waals surface area contributed by atoms with Crippen molar-refractivity contribution in [2.45, 2.75) is 4.90 Å². The monoisotopic (exact) mass is 284 g/mol. The average molecular weight is 284 g/mol. The summed E-state index contributed by atoms with van der Waals surface area (Å²) in [6.45, 7) is 0. The molecule has 98 valence electrons. The van der Waals surface area contributed by atoms with Gasteiger partial charge in [0.15, 0.2) is 0 Å². The molecule has 20 heavy (non-hydrogen) atoms. The Bertz CT molecular complexity index is 688. The first-order chi connectivity index (χ1) is 9.60. The maximum absolute atomic E-state index is 12.0. The van der Waals surface area contributed by atoms with Gasteiger partial charge in [-0.1, -0.05) is 0 Å². The lowest BCUT2D eigenvalue weighted by Crippen LogP contribution is -1.93. The van der Waals surface area contributed by atoms with E-state index in [2.05, 4.69) is 0 Å². The first-order valence-electron chi connectivity index (χ1n) is 5.57. The Kier molecular flexibility index (Phi) is 4.13. The van der Waals surface area contributed by atoms with Gasteiger partial charge < -0.3 is 0 Å². The van der Waals surface area contributed by atoms with Crippen LogP contribution in [-0.2, 0) is 0 Å². The second-order valence-corrected chi connectivity index (χ2v) is 4.88. The molecule has 0 aromatic heterocycles. The number of nitriles is 1. The first-order valence-corrected chi connectivity index (χ1v) is 6.38. The molecular formula is C14H8N2O3S. The summed E-state index contributed by atoms with van der Waals surface area (Å²) in [5.74, 6) is 0. The van der Waals surface area contributed by atoms with Crippen molar-refractivity contribution in [3.05, 3.63) is 69.8 Å². The zero-order valence-electron chi connectivity index (χ0n) is 10.1. The second-order valence-electron chi connectivity index (χ2n) is 3.83. The minimum Gasteiger partial charge on any atom is -0.281 e. The molecule has 0 spiro atoms. The highest BCUT2D eigenvalue weighted by Gasteiger charge is 2.10. The molecule has 0 atom stereocenters. The molecule has 0 bridgehead atoms. The number of carbonyl (C=O) groups excluding carboxylic acids is 1. The van der Waals surface area contributed by atoms with Crippen molar-refractivity contribution in [2.75, 3.05) is 0 Å². The molecule has 0 aliphatic rings. The van der Waals surface area contributed by atoms with E-state index in [4.69, 9.17) is 5.26 Å². The fourth-order valence-corrected chi connectivity index (χ4v) is 2.22. The van der Waals surface area contributed by atoms with Crippen molar-refractivity contribution in [3.63, 3.8) is 0 Å². The number of hydrogen-bond acceptors (Lipinski definition) is 5. The number of nitrogens with zero attached hydrogens (tertiary/aromatic N) is 2. The summed E-state index contributed by atoms with van der Waals surface area (Å²) in [4.78, 5) is 22.6. The van der Waals surface area contributed by atoms with E-state index >= 15 is 0 Å². The predicted molar refractivity (Wildman–Crippen MR) is 74.4 cm³/mol. The van der Waals surface area contributed by atoms with Crippen LogP contribution >= 0.6 is 11.8 Å². The SMILES string of the molecule is N#Cc1ccc(C(=O)Sc2ccc([N+](=O)[O-])cc2)cc1. The van der Waals surface area contributed by atoms with E-state index in [1.165, 1.54) is 24.3 Å². The summed E-state index contributed by atoms with van der Waals surface area (Å²) in [5.41, 5.74) is 0.953. The van der Waals surface area contributed by atoms with E-state index in [0.717, 1.165) is 11.8 Å². The summed E-state index contributed by atoms with van der Waals surface area (Å²) in [6, 6.07) is 14.1. The van der Waals surface area contributed by atoms with Crippen LogP contribution in [0.5, 0.6) is 0 Å². The summed E-state index contributed by atoms with van der Waals surface area (Å²) >= 11 is 0.986. The standard InChI is InChI=1S/C14H8N2O3S/c15-9-10-1-3-11(4-2-10)14(17)20-13-7-5-12(6-8-13)16(18)19/h1-8H. The van der Waals surface area contributed by atoms with E-state index in [0.29, 0.717) is 16.0 Å². The van der Waals surface area contributed by atoms with E-state index in [-0.39, 0.29) is 10.8 Å². The molecule has 0 amide bonds. The van der Waals surface area contributed by atoms with Gasteiger partial charge in [-0.2, -0.15) is 5.26 Å². The highest BCUT2D eigenvalue weighted by molar-refractivity contribution is 8.14. The molecule has 0 unspecified atom stereocenters. The van der Waals surface area contributed by atoms with Gasteiger partial charge in [-0.05, 0) is 48.2 Å². The summed E-state index contributed by atoms with van der Waals surface area (Å²) in [7, 11) is 0. The molecule has 0 saturated carbocycles. The lowest BCUT2D eigenvalue weighted by molar-refractivity contribution is -0.384. The Hall–Kier alpha value is -2.65. The van der Waals surface area contributed by atoms with Crippen molar-refractivity contribution in [2.24, 2.45) is 0 Å². The maximum atomic E-state index is 12.0. The van der Waals surface area contributed by atoms with Crippen molar-refractivity contribution < 1.29 is 9.72 Å². The Labute approximate surface area is 119 Å². The van der Waals surface area contributed by atoms with Gasteiger partial charge in [0.2, 0.25) is 5.12 Å². The maximum Gasteiger partial charge on any atom is 0.269 e. The van der Waals surface area contributed by atoms with Crippen LogP contribution in [0.2, 0.25) is 0 Å². The van der Waals surface area contributed by atoms with E-state index in [1.54, 1.807) is 24.3 Å². The van der Waals surface area contributed by atoms with E-state index in [9.17, 15) is 14.9 Å². The lowest BCUT2D eigenvalue weighted by Gasteiger charge is -2.01. The number of non-ortho nitro benzene ring substituents is 1. The van der Waals surface area contributed by atoms with Crippen LogP contribution in [0.3, 0.4) is 0 Å². The van der Waals surface area contributed by atoms with Crippen molar-refractivity contribution in [1.82, 2.24) is 0 Å². The van der Waals surface area contributed by atoms with Crippen LogP contribution in [0, 0.1) is 21.4 Å². The predicted octanol–water partition coefficient (Wildman–Crippen LogP) is 3.40. The largest absolute Gasteiger partial charge is 0.281 e. The second kappa shape index (κ2) is 5.99. The van der Waals surface area contributed by atoms with Gasteiger partial charge in [0.1, 0.15) is 0 Å². The molecule has 0 fully saturated rings. The third-order valence-corrected chi connectivity index (χ3v) is 3.44. The van der Waals surface area contributed by atoms with Crippen molar-refractivity contribution in [3.8, 4) is 6.07 Å². The number of benzene rings is 2. The Morgan fingerprint density at radius 1 is 1.10 bits per heavy atom. The topological polar surface area (TPSA) is 84.0 Å². The third-order valence-electron chi connectivity index (χ3n) is 2.51. The molecule has 5 nitrogen and oxygen atoms in total. The van der Waals surface area contributed by atoms with Gasteiger partial charge in [-0.3, -0.25) is 14.9 Å². The van der Waals surface area contributed by atoms with E-state index in [1.807, 2.05) is 6.07 Å². The van der Waals surface area contributed by atoms with Gasteiger partial charge in [-0.25, -0.2) is 0 Å². The minimum atomic E-state index is -0.489. The Balaban J connectivity index is 2.10. The van der Waals surface area contributed by atoms with Crippen LogP contribution in [0.15, 0.2) is 53.4 Å². The molecule has 0 saturated heterocycles. The number of thioether (sulfide) groups is 1. The van der Waals surface area contributed by atoms with Crippen LogP contribution in [0.4, 0.5) is 5.69 Å². The zero-order chi connectivity index (χ0) is 14.5. The number of nitro benzene ring substituents is 1. The van der Waals surface area contributed by atoms with Gasteiger partial charge >= 0.3 is 0 Å². The fraction of sp³-hybridized carbons (Fsp3) is 0. The minimum absolute atomic E-state index is 0.0137. The molecule has 2 aromatic rings. The smallest absolute Gasteiger partial charge is 0.269 e. The molecule has 6 heteroatoms. The quantitative estimate of drug-likeness (QED) is 0.490. The lowest BCUT2D eigenvalue weighted by atomic mass is 10.2. The Morgan fingerprint density at radius 3 is 2.20 bits per heavy atom. The highest BCUT2D eigenvalue weighted by Crippen LogP contribution is 2.25. The summed E-state index contributed by atoms with van der Waals surface area (Å²) < 4.78 is 0. The third kappa shape index (κ3) is 3.22. The normalized spacial score (nSPS) is 9.75. The molecular weight excluding hydrogens is 276 g/mol. The Morgan fingerprint density at radius 2 is 1.70 bits per heavy atom. The number of rotatable bonds is 3. The number of nitro groups is 1. The molecule has 0 heterocycles. The average Bonchev–Trinajstić information content (AvgIpc) is 2.48. The van der Waals surface area contributed by atoms with Gasteiger partial charge in [0.05, 0.1) is 16.6 Å². The fourth-order valence-electron chi connectivity index (χ4n) is 1.48. The van der Waals surface area contributed by atoms with Crippen LogP contribution < -0.4 is 0 Å². The van der Waals surface area contributed by atoms with Gasteiger partial charge in [0.25, 0.3) is 5.69 Å². The zero-order valence-corrected chi connectivity index (χ0v) is 11.0. The molecule has 0 aliphatic heterocycles. The van der Waals surface area contributed by atoms with Crippen molar-refractivity contribution >= 4 is 22.6 Å². The summed E-state index contributed by atoms with van der Waals surface area (Å²) in [5, 5.41) is 19.0. The molecule has 2 rings (SSSR count). The first kappa shape index (κ1) is 13.8.